The first kappa shape index (κ1) is 21.1. The number of fused-ring (bicyclic) bond motifs is 4. The van der Waals surface area contributed by atoms with E-state index in [0.717, 1.165) is 27.0 Å². The predicted molar refractivity (Wildman–Crippen MR) is 123 cm³/mol. The van der Waals surface area contributed by atoms with E-state index in [1.807, 2.05) is 48.5 Å². The van der Waals surface area contributed by atoms with E-state index in [9.17, 15) is 19.1 Å². The van der Waals surface area contributed by atoms with Gasteiger partial charge in [0, 0.05) is 18.4 Å². The second kappa shape index (κ2) is 8.63. The lowest BCUT2D eigenvalue weighted by Gasteiger charge is -2.17. The molecule has 1 aliphatic rings. The number of carbonyl (C=O) groups excluding carboxylic acids is 1. The first-order chi connectivity index (χ1) is 16.0. The fourth-order valence-electron chi connectivity index (χ4n) is 4.19. The Labute approximate surface area is 192 Å². The number of carbonyl (C=O) groups is 2. The Morgan fingerprint density at radius 3 is 2.39 bits per heavy atom. The van der Waals surface area contributed by atoms with Crippen LogP contribution in [0.3, 0.4) is 0 Å². The summed E-state index contributed by atoms with van der Waals surface area (Å²) in [6, 6.07) is 18.9. The van der Waals surface area contributed by atoms with Gasteiger partial charge < -0.3 is 15.2 Å². The molecule has 1 atom stereocenters. The minimum absolute atomic E-state index is 0.0273. The molecule has 5 rings (SSSR count). The van der Waals surface area contributed by atoms with Crippen molar-refractivity contribution in [2.24, 2.45) is 0 Å². The maximum absolute atomic E-state index is 13.4. The van der Waals surface area contributed by atoms with Crippen LogP contribution in [0.1, 0.15) is 22.1 Å². The molecule has 0 aliphatic heterocycles. The number of rotatable bonds is 6. The summed E-state index contributed by atoms with van der Waals surface area (Å²) < 4.78 is 19.6. The van der Waals surface area contributed by atoms with E-state index in [4.69, 9.17) is 4.74 Å². The third kappa shape index (κ3) is 4.17. The van der Waals surface area contributed by atoms with Crippen LogP contribution < -0.4 is 5.32 Å². The maximum Gasteiger partial charge on any atom is 0.407 e. The van der Waals surface area contributed by atoms with E-state index in [0.29, 0.717) is 10.5 Å². The molecule has 8 heteroatoms. The smallest absolute Gasteiger partial charge is 0.407 e. The highest BCUT2D eigenvalue weighted by Crippen LogP contribution is 2.44. The average Bonchev–Trinajstić information content (AvgIpc) is 3.35. The van der Waals surface area contributed by atoms with Crippen LogP contribution >= 0.6 is 11.3 Å². The molecule has 1 aromatic heterocycles. The standard InChI is InChI=1S/C25H19FN2O4S/c26-14-9-10-22-20(11-14)27-23(33-22)12-21(24(29)30)28-25(31)32-13-19-17-7-3-1-5-15(17)16-6-2-4-8-18(16)19/h1-11,19,21H,12-13H2,(H,28,31)(H,29,30)/t21-/m0/s1. The Morgan fingerprint density at radius 2 is 1.73 bits per heavy atom. The molecule has 0 fully saturated rings. The highest BCUT2D eigenvalue weighted by molar-refractivity contribution is 7.18. The third-order valence-electron chi connectivity index (χ3n) is 5.71. The topological polar surface area (TPSA) is 88.5 Å². The lowest BCUT2D eigenvalue weighted by atomic mass is 9.98. The van der Waals surface area contributed by atoms with Crippen molar-refractivity contribution in [3.05, 3.63) is 88.7 Å². The van der Waals surface area contributed by atoms with Crippen molar-refractivity contribution in [1.29, 1.82) is 0 Å². The van der Waals surface area contributed by atoms with Crippen LogP contribution in [0.5, 0.6) is 0 Å². The summed E-state index contributed by atoms with van der Waals surface area (Å²) in [6.07, 6.45) is -0.836. The van der Waals surface area contributed by atoms with E-state index in [2.05, 4.69) is 10.3 Å². The summed E-state index contributed by atoms with van der Waals surface area (Å²) in [5.41, 5.74) is 4.82. The second-order valence-corrected chi connectivity index (χ2v) is 8.90. The number of amides is 1. The number of aliphatic carboxylic acids is 1. The zero-order valence-electron chi connectivity index (χ0n) is 17.3. The summed E-state index contributed by atoms with van der Waals surface area (Å²) in [5, 5.41) is 12.5. The Morgan fingerprint density at radius 1 is 1.06 bits per heavy atom. The third-order valence-corrected chi connectivity index (χ3v) is 6.77. The number of carboxylic acids is 1. The number of thiazole rings is 1. The molecule has 0 radical (unpaired) electrons. The minimum Gasteiger partial charge on any atom is -0.480 e. The number of carboxylic acid groups (broad SMARTS) is 1. The van der Waals surface area contributed by atoms with Crippen molar-refractivity contribution >= 4 is 33.6 Å². The van der Waals surface area contributed by atoms with Crippen molar-refractivity contribution in [3.63, 3.8) is 0 Å². The first-order valence-corrected chi connectivity index (χ1v) is 11.2. The summed E-state index contributed by atoms with van der Waals surface area (Å²) in [4.78, 5) is 28.5. The lowest BCUT2D eigenvalue weighted by Crippen LogP contribution is -2.42. The number of nitrogens with zero attached hydrogens (tertiary/aromatic N) is 1. The fraction of sp³-hybridized carbons (Fsp3) is 0.160. The number of alkyl carbamates (subject to hydrolysis) is 1. The van der Waals surface area contributed by atoms with Crippen molar-refractivity contribution in [1.82, 2.24) is 10.3 Å². The van der Waals surface area contributed by atoms with Gasteiger partial charge in [-0.05, 0) is 34.4 Å². The molecule has 0 saturated heterocycles. The number of hydrogen-bond donors (Lipinski definition) is 2. The number of benzene rings is 3. The van der Waals surface area contributed by atoms with Crippen LogP contribution in [0.4, 0.5) is 9.18 Å². The van der Waals surface area contributed by atoms with Gasteiger partial charge in [-0.15, -0.1) is 11.3 Å². The quantitative estimate of drug-likeness (QED) is 0.422. The molecule has 166 valence electrons. The van der Waals surface area contributed by atoms with Gasteiger partial charge in [0.25, 0.3) is 0 Å². The van der Waals surface area contributed by atoms with Crippen LogP contribution in [0.25, 0.3) is 21.3 Å². The zero-order valence-corrected chi connectivity index (χ0v) is 18.1. The van der Waals surface area contributed by atoms with Crippen LogP contribution in [0.2, 0.25) is 0 Å². The summed E-state index contributed by atoms with van der Waals surface area (Å²) >= 11 is 1.26. The number of aromatic nitrogens is 1. The van der Waals surface area contributed by atoms with Gasteiger partial charge in [0.1, 0.15) is 18.5 Å². The molecular formula is C25H19FN2O4S. The Hall–Kier alpha value is -3.78. The lowest BCUT2D eigenvalue weighted by molar-refractivity contribution is -0.139. The first-order valence-electron chi connectivity index (χ1n) is 10.4. The van der Waals surface area contributed by atoms with E-state index < -0.39 is 23.9 Å². The molecule has 2 N–H and O–H groups in total. The minimum atomic E-state index is -1.22. The Kier molecular flexibility index (Phi) is 5.51. The van der Waals surface area contributed by atoms with Gasteiger partial charge >= 0.3 is 12.1 Å². The largest absolute Gasteiger partial charge is 0.480 e. The number of ether oxygens (including phenoxy) is 1. The van der Waals surface area contributed by atoms with Crippen LogP contribution in [0.15, 0.2) is 66.7 Å². The molecule has 0 unspecified atom stereocenters. The predicted octanol–water partition coefficient (Wildman–Crippen LogP) is 4.97. The zero-order chi connectivity index (χ0) is 22.9. The van der Waals surface area contributed by atoms with E-state index in [1.54, 1.807) is 6.07 Å². The highest BCUT2D eigenvalue weighted by Gasteiger charge is 2.30. The van der Waals surface area contributed by atoms with E-state index in [-0.39, 0.29) is 18.9 Å². The van der Waals surface area contributed by atoms with Crippen molar-refractivity contribution in [3.8, 4) is 11.1 Å². The molecule has 1 amide bonds. The molecule has 4 aromatic rings. The SMILES string of the molecule is O=C(N[C@@H](Cc1nc2cc(F)ccc2s1)C(=O)O)OCC1c2ccccc2-c2ccccc21. The van der Waals surface area contributed by atoms with Gasteiger partial charge in [-0.3, -0.25) is 0 Å². The monoisotopic (exact) mass is 462 g/mol. The van der Waals surface area contributed by atoms with Gasteiger partial charge in [-0.2, -0.15) is 0 Å². The summed E-state index contributed by atoms with van der Waals surface area (Å²) in [5.74, 6) is -1.73. The normalized spacial score (nSPS) is 13.4. The van der Waals surface area contributed by atoms with E-state index in [1.165, 1.54) is 23.5 Å². The molecule has 0 saturated carbocycles. The van der Waals surface area contributed by atoms with Crippen molar-refractivity contribution < 1.29 is 23.8 Å². The van der Waals surface area contributed by atoms with Gasteiger partial charge in [-0.1, -0.05) is 48.5 Å². The van der Waals surface area contributed by atoms with Gasteiger partial charge in [0.2, 0.25) is 0 Å². The Balaban J connectivity index is 1.27. The molecular weight excluding hydrogens is 443 g/mol. The van der Waals surface area contributed by atoms with E-state index >= 15 is 0 Å². The van der Waals surface area contributed by atoms with Gasteiger partial charge in [-0.25, -0.2) is 19.0 Å². The summed E-state index contributed by atoms with van der Waals surface area (Å²) in [6.45, 7) is 0.0899. The van der Waals surface area contributed by atoms with Crippen LogP contribution in [-0.2, 0) is 16.0 Å². The molecule has 1 aliphatic carbocycles. The molecule has 0 spiro atoms. The number of nitrogens with one attached hydrogen (secondary N) is 1. The fourth-order valence-corrected chi connectivity index (χ4v) is 5.19. The highest BCUT2D eigenvalue weighted by atomic mass is 32.1. The second-order valence-electron chi connectivity index (χ2n) is 7.78. The molecule has 3 aromatic carbocycles. The molecule has 6 nitrogen and oxygen atoms in total. The van der Waals surface area contributed by atoms with Gasteiger partial charge in [0.05, 0.1) is 15.2 Å². The number of halogens is 1. The molecule has 1 heterocycles. The van der Waals surface area contributed by atoms with Gasteiger partial charge in [0.15, 0.2) is 0 Å². The van der Waals surface area contributed by atoms with Crippen LogP contribution in [0, 0.1) is 5.82 Å². The summed E-state index contributed by atoms with van der Waals surface area (Å²) in [7, 11) is 0. The Bertz CT molecular complexity index is 1320. The average molecular weight is 463 g/mol. The van der Waals surface area contributed by atoms with Crippen molar-refractivity contribution in [2.75, 3.05) is 6.61 Å². The molecule has 33 heavy (non-hydrogen) atoms. The van der Waals surface area contributed by atoms with Crippen LogP contribution in [-0.4, -0.2) is 34.8 Å². The maximum atomic E-state index is 13.4. The van der Waals surface area contributed by atoms with Crippen molar-refractivity contribution in [2.45, 2.75) is 18.4 Å². The molecule has 0 bridgehead atoms. The number of hydrogen-bond acceptors (Lipinski definition) is 5.